The summed E-state index contributed by atoms with van der Waals surface area (Å²) in [6.45, 7) is 4.42. The molecule has 0 bridgehead atoms. The molecule has 2 aromatic carbocycles. The third kappa shape index (κ3) is 6.77. The number of aromatic nitrogens is 2. The summed E-state index contributed by atoms with van der Waals surface area (Å²) in [4.78, 5) is 37.0. The largest absolute Gasteiger partial charge is 0.450 e. The summed E-state index contributed by atoms with van der Waals surface area (Å²) in [5.41, 5.74) is 8.32. The Labute approximate surface area is 222 Å². The van der Waals surface area contributed by atoms with Gasteiger partial charge in [-0.3, -0.25) is 4.79 Å². The van der Waals surface area contributed by atoms with Crippen LogP contribution in [-0.2, 0) is 16.1 Å². The number of rotatable bonds is 11. The van der Waals surface area contributed by atoms with Crippen molar-refractivity contribution in [2.24, 2.45) is 5.73 Å². The fourth-order valence-electron chi connectivity index (χ4n) is 4.37. The molecule has 200 valence electrons. The maximum Gasteiger partial charge on any atom is 0.404 e. The second-order valence-corrected chi connectivity index (χ2v) is 9.03. The number of hydrogen-bond acceptors (Lipinski definition) is 8. The summed E-state index contributed by atoms with van der Waals surface area (Å²) < 4.78 is 11.2. The molecule has 1 atom stereocenters. The number of primary amides is 1. The Morgan fingerprint density at radius 1 is 1.16 bits per heavy atom. The van der Waals surface area contributed by atoms with E-state index >= 15 is 0 Å². The number of nitrogens with two attached hydrogens (primary N) is 1. The summed E-state index contributed by atoms with van der Waals surface area (Å²) in [5.74, 6) is 0.990. The molecular weight excluding hydrogens is 484 g/mol. The van der Waals surface area contributed by atoms with E-state index in [9.17, 15) is 9.59 Å². The predicted octanol–water partition coefficient (Wildman–Crippen LogP) is 4.14. The first-order chi connectivity index (χ1) is 18.5. The molecule has 3 N–H and O–H groups in total. The van der Waals surface area contributed by atoms with E-state index in [1.807, 2.05) is 73.5 Å². The van der Waals surface area contributed by atoms with Gasteiger partial charge in [-0.1, -0.05) is 42.5 Å². The fourth-order valence-corrected chi connectivity index (χ4v) is 4.37. The molecule has 0 aliphatic carbocycles. The van der Waals surface area contributed by atoms with Crippen LogP contribution in [0.2, 0.25) is 0 Å². The highest BCUT2D eigenvalue weighted by Crippen LogP contribution is 2.28. The van der Waals surface area contributed by atoms with E-state index in [-0.39, 0.29) is 18.6 Å². The van der Waals surface area contributed by atoms with Crippen LogP contribution in [0, 0.1) is 0 Å². The minimum atomic E-state index is -0.777. The summed E-state index contributed by atoms with van der Waals surface area (Å²) >= 11 is 0. The maximum absolute atomic E-state index is 13.5. The Morgan fingerprint density at radius 2 is 1.97 bits per heavy atom. The lowest BCUT2D eigenvalue weighted by Crippen LogP contribution is -2.33. The van der Waals surface area contributed by atoms with E-state index in [1.165, 1.54) is 0 Å². The molecular formula is C28H34N6O4. The van der Waals surface area contributed by atoms with Gasteiger partial charge in [0.25, 0.3) is 5.91 Å². The van der Waals surface area contributed by atoms with Gasteiger partial charge in [-0.15, -0.1) is 0 Å². The lowest BCUT2D eigenvalue weighted by atomic mass is 10.0. The van der Waals surface area contributed by atoms with Crippen LogP contribution in [0.1, 0.15) is 47.4 Å². The van der Waals surface area contributed by atoms with Crippen LogP contribution in [0.5, 0.6) is 0 Å². The smallest absolute Gasteiger partial charge is 0.404 e. The van der Waals surface area contributed by atoms with Gasteiger partial charge < -0.3 is 30.3 Å². The molecule has 0 fully saturated rings. The number of carbonyl (C=O) groups is 2. The van der Waals surface area contributed by atoms with Gasteiger partial charge in [0.2, 0.25) is 5.95 Å². The summed E-state index contributed by atoms with van der Waals surface area (Å²) in [5, 5.41) is 3.10. The number of nitrogens with zero attached hydrogens (tertiary/aromatic N) is 4. The predicted molar refractivity (Wildman–Crippen MR) is 146 cm³/mol. The minimum Gasteiger partial charge on any atom is -0.450 e. The Kier molecular flexibility index (Phi) is 9.10. The van der Waals surface area contributed by atoms with Crippen molar-refractivity contribution in [2.45, 2.75) is 32.5 Å². The van der Waals surface area contributed by atoms with Crippen molar-refractivity contribution in [3.8, 4) is 0 Å². The van der Waals surface area contributed by atoms with Crippen molar-refractivity contribution in [2.75, 3.05) is 48.4 Å². The number of carbonyl (C=O) groups excluding carboxylic acids is 2. The number of anilines is 3. The van der Waals surface area contributed by atoms with Crippen molar-refractivity contribution in [3.63, 3.8) is 0 Å². The van der Waals surface area contributed by atoms with Crippen molar-refractivity contribution in [1.82, 2.24) is 9.97 Å². The Morgan fingerprint density at radius 3 is 2.74 bits per heavy atom. The van der Waals surface area contributed by atoms with Crippen molar-refractivity contribution < 1.29 is 19.1 Å². The number of amides is 2. The normalized spacial score (nSPS) is 14.0. The zero-order valence-electron chi connectivity index (χ0n) is 21.8. The monoisotopic (exact) mass is 518 g/mol. The molecule has 4 rings (SSSR count). The molecule has 2 amide bonds. The molecule has 3 aromatic rings. The van der Waals surface area contributed by atoms with E-state index in [4.69, 9.17) is 15.2 Å². The SMILES string of the molecule is CCNc1ncc2c(n1)N(C)CCN(c1cccc(CO[C@H](CCCOC(N)=O)c3ccccc3)c1)C2=O. The van der Waals surface area contributed by atoms with E-state index in [2.05, 4.69) is 15.3 Å². The average molecular weight is 519 g/mol. The van der Waals surface area contributed by atoms with E-state index in [1.54, 1.807) is 11.1 Å². The highest BCUT2D eigenvalue weighted by atomic mass is 16.5. The van der Waals surface area contributed by atoms with Gasteiger partial charge in [-0.25, -0.2) is 9.78 Å². The van der Waals surface area contributed by atoms with Crippen LogP contribution >= 0.6 is 0 Å². The summed E-state index contributed by atoms with van der Waals surface area (Å²) in [6, 6.07) is 17.8. The van der Waals surface area contributed by atoms with E-state index in [0.29, 0.717) is 56.4 Å². The topological polar surface area (TPSA) is 123 Å². The molecule has 1 aliphatic rings. The van der Waals surface area contributed by atoms with Crippen LogP contribution in [0.4, 0.5) is 22.2 Å². The Balaban J connectivity index is 1.48. The molecule has 2 heterocycles. The highest BCUT2D eigenvalue weighted by molar-refractivity contribution is 6.09. The average Bonchev–Trinajstić information content (AvgIpc) is 3.05. The molecule has 0 radical (unpaired) electrons. The molecule has 10 nitrogen and oxygen atoms in total. The molecule has 0 saturated carbocycles. The Hall–Kier alpha value is -4.18. The lowest BCUT2D eigenvalue weighted by molar-refractivity contribution is 0.0287. The van der Waals surface area contributed by atoms with Crippen LogP contribution in [-0.4, -0.2) is 55.3 Å². The molecule has 10 heteroatoms. The van der Waals surface area contributed by atoms with Crippen LogP contribution in [0.3, 0.4) is 0 Å². The first-order valence-electron chi connectivity index (χ1n) is 12.8. The molecule has 0 spiro atoms. The van der Waals surface area contributed by atoms with Gasteiger partial charge in [0, 0.05) is 38.6 Å². The highest BCUT2D eigenvalue weighted by Gasteiger charge is 2.28. The molecule has 1 aliphatic heterocycles. The third-order valence-electron chi connectivity index (χ3n) is 6.30. The number of benzene rings is 2. The first kappa shape index (κ1) is 26.9. The second-order valence-electron chi connectivity index (χ2n) is 9.03. The van der Waals surface area contributed by atoms with Crippen LogP contribution in [0.25, 0.3) is 0 Å². The van der Waals surface area contributed by atoms with Crippen LogP contribution in [0.15, 0.2) is 60.8 Å². The van der Waals surface area contributed by atoms with Gasteiger partial charge >= 0.3 is 6.09 Å². The lowest BCUT2D eigenvalue weighted by Gasteiger charge is -2.22. The zero-order valence-corrected chi connectivity index (χ0v) is 21.8. The minimum absolute atomic E-state index is 0.137. The van der Waals surface area contributed by atoms with Gasteiger partial charge in [0.05, 0.1) is 19.3 Å². The maximum atomic E-state index is 13.5. The number of fused-ring (bicyclic) bond motifs is 1. The quantitative estimate of drug-likeness (QED) is 0.363. The molecule has 1 aromatic heterocycles. The number of ether oxygens (including phenoxy) is 2. The van der Waals surface area contributed by atoms with Gasteiger partial charge in [0.1, 0.15) is 11.4 Å². The molecule has 0 unspecified atom stereocenters. The standard InChI is InChI=1S/C28H34N6O4/c1-3-30-28-31-18-23-25(32-28)33(2)14-15-34(26(23)35)22-12-7-9-20(17-22)19-38-24(13-8-16-37-27(29)36)21-10-5-4-6-11-21/h4-7,9-12,17-18,24H,3,8,13-16,19H2,1-2H3,(H2,29,36)(H,30,31,32)/t24-/m1/s1. The van der Waals surface area contributed by atoms with E-state index in [0.717, 1.165) is 16.8 Å². The van der Waals surface area contributed by atoms with Crippen molar-refractivity contribution in [3.05, 3.63) is 77.5 Å². The molecule has 38 heavy (non-hydrogen) atoms. The van der Waals surface area contributed by atoms with Crippen molar-refractivity contribution >= 4 is 29.5 Å². The summed E-state index contributed by atoms with van der Waals surface area (Å²) in [7, 11) is 1.93. The molecule has 0 saturated heterocycles. The number of hydrogen-bond donors (Lipinski definition) is 2. The van der Waals surface area contributed by atoms with Gasteiger partial charge in [-0.2, -0.15) is 4.98 Å². The van der Waals surface area contributed by atoms with Gasteiger partial charge in [0.15, 0.2) is 0 Å². The summed E-state index contributed by atoms with van der Waals surface area (Å²) in [6.07, 6.45) is 1.92. The third-order valence-corrected chi connectivity index (χ3v) is 6.30. The van der Waals surface area contributed by atoms with Crippen LogP contribution < -0.4 is 20.9 Å². The van der Waals surface area contributed by atoms with E-state index < -0.39 is 6.09 Å². The fraction of sp³-hybridized carbons (Fsp3) is 0.357. The van der Waals surface area contributed by atoms with Crippen molar-refractivity contribution in [1.29, 1.82) is 0 Å². The second kappa shape index (κ2) is 12.9. The zero-order chi connectivity index (χ0) is 26.9. The number of likely N-dealkylation sites (N-methyl/N-ethyl adjacent to an activating group) is 1. The Bertz CT molecular complexity index is 1240. The van der Waals surface area contributed by atoms with Gasteiger partial charge in [-0.05, 0) is 43.0 Å². The first-order valence-corrected chi connectivity index (χ1v) is 12.8. The number of nitrogens with one attached hydrogen (secondary N) is 1.